The Kier molecular flexibility index (Phi) is 5.16. The summed E-state index contributed by atoms with van der Waals surface area (Å²) < 4.78 is 4.71. The maximum absolute atomic E-state index is 11.5. The van der Waals surface area contributed by atoms with Crippen LogP contribution >= 0.6 is 0 Å². The van der Waals surface area contributed by atoms with Gasteiger partial charge in [0.05, 0.1) is 24.4 Å². The number of esters is 1. The molecular weight excluding hydrogens is 236 g/mol. The number of anilines is 1. The van der Waals surface area contributed by atoms with E-state index in [-0.39, 0.29) is 24.7 Å². The Morgan fingerprint density at radius 3 is 2.50 bits per heavy atom. The molecule has 0 bridgehead atoms. The van der Waals surface area contributed by atoms with E-state index < -0.39 is 5.97 Å². The zero-order chi connectivity index (χ0) is 13.5. The van der Waals surface area contributed by atoms with Gasteiger partial charge in [-0.25, -0.2) is 4.98 Å². The molecule has 0 fully saturated rings. The van der Waals surface area contributed by atoms with Crippen LogP contribution < -0.4 is 5.32 Å². The van der Waals surface area contributed by atoms with Crippen LogP contribution in [0.25, 0.3) is 0 Å². The number of aryl methyl sites for hydroxylation is 2. The van der Waals surface area contributed by atoms with E-state index in [0.29, 0.717) is 18.0 Å². The summed E-state index contributed by atoms with van der Waals surface area (Å²) in [6.07, 6.45) is 0.0765. The number of nitrogens with one attached hydrogen (secondary N) is 1. The molecule has 0 spiro atoms. The molecular formula is C11H16N4O3. The molecule has 18 heavy (non-hydrogen) atoms. The van der Waals surface area contributed by atoms with Crippen LogP contribution in [0, 0.1) is 13.8 Å². The lowest BCUT2D eigenvalue weighted by Crippen LogP contribution is -2.17. The van der Waals surface area contributed by atoms with Crippen LogP contribution in [0.1, 0.15) is 31.2 Å². The average Bonchev–Trinajstić information content (AvgIpc) is 2.32. The van der Waals surface area contributed by atoms with E-state index in [0.717, 1.165) is 0 Å². The van der Waals surface area contributed by atoms with Crippen molar-refractivity contribution in [3.63, 3.8) is 0 Å². The molecule has 7 nitrogen and oxygen atoms in total. The Balaban J connectivity index is 2.44. The molecule has 1 rings (SSSR count). The molecule has 1 heterocycles. The number of rotatable bonds is 5. The van der Waals surface area contributed by atoms with Gasteiger partial charge in [0.15, 0.2) is 0 Å². The van der Waals surface area contributed by atoms with Gasteiger partial charge in [-0.2, -0.15) is 5.10 Å². The van der Waals surface area contributed by atoms with Gasteiger partial charge in [-0.05, 0) is 20.8 Å². The van der Waals surface area contributed by atoms with Crippen molar-refractivity contribution in [1.29, 1.82) is 0 Å². The maximum Gasteiger partial charge on any atom is 0.306 e. The third kappa shape index (κ3) is 4.44. The third-order valence-corrected chi connectivity index (χ3v) is 2.20. The van der Waals surface area contributed by atoms with Gasteiger partial charge in [0.25, 0.3) is 0 Å². The van der Waals surface area contributed by atoms with E-state index in [4.69, 9.17) is 4.74 Å². The third-order valence-electron chi connectivity index (χ3n) is 2.20. The van der Waals surface area contributed by atoms with E-state index in [1.54, 1.807) is 20.8 Å². The lowest BCUT2D eigenvalue weighted by atomic mass is 10.3. The first kappa shape index (κ1) is 14.0. The Morgan fingerprint density at radius 2 is 1.89 bits per heavy atom. The van der Waals surface area contributed by atoms with Crippen LogP contribution in [-0.2, 0) is 14.3 Å². The second kappa shape index (κ2) is 6.63. The van der Waals surface area contributed by atoms with Crippen LogP contribution in [0.4, 0.5) is 5.95 Å². The van der Waals surface area contributed by atoms with Gasteiger partial charge in [-0.1, -0.05) is 0 Å². The molecule has 0 aliphatic heterocycles. The van der Waals surface area contributed by atoms with Crippen molar-refractivity contribution in [2.45, 2.75) is 33.6 Å². The maximum atomic E-state index is 11.5. The number of amides is 1. The fourth-order valence-corrected chi connectivity index (χ4v) is 1.15. The fraction of sp³-hybridized carbons (Fsp3) is 0.545. The zero-order valence-electron chi connectivity index (χ0n) is 10.7. The van der Waals surface area contributed by atoms with Gasteiger partial charge in [0.1, 0.15) is 0 Å². The summed E-state index contributed by atoms with van der Waals surface area (Å²) in [7, 11) is 0. The van der Waals surface area contributed by atoms with Gasteiger partial charge in [-0.3, -0.25) is 14.9 Å². The summed E-state index contributed by atoms with van der Waals surface area (Å²) in [6.45, 7) is 5.58. The van der Waals surface area contributed by atoms with Crippen LogP contribution in [0.5, 0.6) is 0 Å². The lowest BCUT2D eigenvalue weighted by Gasteiger charge is -2.04. The van der Waals surface area contributed by atoms with Crippen LogP contribution in [0.3, 0.4) is 0 Å². The summed E-state index contributed by atoms with van der Waals surface area (Å²) in [4.78, 5) is 26.6. The summed E-state index contributed by atoms with van der Waals surface area (Å²) in [5.74, 6) is -0.591. The SMILES string of the molecule is CCOC(=O)CCC(=O)Nc1nnc(C)c(C)n1. The predicted molar refractivity (Wildman–Crippen MR) is 63.8 cm³/mol. The second-order valence-corrected chi connectivity index (χ2v) is 3.66. The van der Waals surface area contributed by atoms with E-state index in [1.807, 2.05) is 0 Å². The van der Waals surface area contributed by atoms with Crippen molar-refractivity contribution in [2.24, 2.45) is 0 Å². The molecule has 0 aromatic carbocycles. The van der Waals surface area contributed by atoms with Gasteiger partial charge in [0, 0.05) is 6.42 Å². The Labute approximate surface area is 105 Å². The minimum atomic E-state index is -0.396. The molecule has 0 atom stereocenters. The molecule has 1 amide bonds. The van der Waals surface area contributed by atoms with E-state index in [2.05, 4.69) is 20.5 Å². The standard InChI is InChI=1S/C11H16N4O3/c1-4-18-10(17)6-5-9(16)13-11-12-7(2)8(3)14-15-11/h4-6H2,1-3H3,(H,12,13,15,16). The monoisotopic (exact) mass is 252 g/mol. The molecule has 0 radical (unpaired) electrons. The summed E-state index contributed by atoms with van der Waals surface area (Å²) in [6, 6.07) is 0. The molecule has 1 N–H and O–H groups in total. The van der Waals surface area contributed by atoms with E-state index in [9.17, 15) is 9.59 Å². The average molecular weight is 252 g/mol. The molecule has 0 aliphatic rings. The molecule has 98 valence electrons. The second-order valence-electron chi connectivity index (χ2n) is 3.66. The quantitative estimate of drug-likeness (QED) is 0.778. The molecule has 0 saturated carbocycles. The van der Waals surface area contributed by atoms with Crippen molar-refractivity contribution in [3.8, 4) is 0 Å². The Bertz CT molecular complexity index is 448. The van der Waals surface area contributed by atoms with Crippen molar-refractivity contribution in [3.05, 3.63) is 11.4 Å². The highest BCUT2D eigenvalue weighted by Crippen LogP contribution is 2.03. The Morgan fingerprint density at radius 1 is 1.17 bits per heavy atom. The predicted octanol–water partition coefficient (Wildman–Crippen LogP) is 0.770. The molecule has 0 unspecified atom stereocenters. The number of carbonyl (C=O) groups excluding carboxylic acids is 2. The lowest BCUT2D eigenvalue weighted by molar-refractivity contribution is -0.144. The zero-order valence-corrected chi connectivity index (χ0v) is 10.7. The summed E-state index contributed by atoms with van der Waals surface area (Å²) in [5, 5.41) is 10.0. The van der Waals surface area contributed by atoms with Gasteiger partial charge in [-0.15, -0.1) is 5.10 Å². The molecule has 1 aromatic heterocycles. The van der Waals surface area contributed by atoms with Crippen LogP contribution in [0.15, 0.2) is 0 Å². The molecule has 7 heteroatoms. The first-order valence-electron chi connectivity index (χ1n) is 5.66. The van der Waals surface area contributed by atoms with Crippen molar-refractivity contribution in [1.82, 2.24) is 15.2 Å². The van der Waals surface area contributed by atoms with E-state index in [1.165, 1.54) is 0 Å². The van der Waals surface area contributed by atoms with Crippen molar-refractivity contribution < 1.29 is 14.3 Å². The number of ether oxygens (including phenoxy) is 1. The molecule has 0 aliphatic carbocycles. The highest BCUT2D eigenvalue weighted by molar-refractivity contribution is 5.91. The highest BCUT2D eigenvalue weighted by atomic mass is 16.5. The number of carbonyl (C=O) groups is 2. The smallest absolute Gasteiger partial charge is 0.306 e. The normalized spacial score (nSPS) is 9.94. The summed E-state index contributed by atoms with van der Waals surface area (Å²) in [5.41, 5.74) is 1.41. The van der Waals surface area contributed by atoms with Gasteiger partial charge < -0.3 is 4.74 Å². The molecule has 0 saturated heterocycles. The van der Waals surface area contributed by atoms with Crippen LogP contribution in [-0.4, -0.2) is 33.7 Å². The van der Waals surface area contributed by atoms with Crippen LogP contribution in [0.2, 0.25) is 0 Å². The van der Waals surface area contributed by atoms with Crippen molar-refractivity contribution >= 4 is 17.8 Å². The Hall–Kier alpha value is -2.05. The fourth-order valence-electron chi connectivity index (χ4n) is 1.15. The largest absolute Gasteiger partial charge is 0.466 e. The van der Waals surface area contributed by atoms with Gasteiger partial charge >= 0.3 is 5.97 Å². The molecule has 1 aromatic rings. The minimum Gasteiger partial charge on any atom is -0.466 e. The van der Waals surface area contributed by atoms with Crippen molar-refractivity contribution in [2.75, 3.05) is 11.9 Å². The first-order chi connectivity index (χ1) is 8.52. The first-order valence-corrected chi connectivity index (χ1v) is 5.66. The number of hydrogen-bond donors (Lipinski definition) is 1. The topological polar surface area (TPSA) is 94.1 Å². The highest BCUT2D eigenvalue weighted by Gasteiger charge is 2.09. The summed E-state index contributed by atoms with van der Waals surface area (Å²) >= 11 is 0. The van der Waals surface area contributed by atoms with E-state index >= 15 is 0 Å². The number of hydrogen-bond acceptors (Lipinski definition) is 6. The number of nitrogens with zero attached hydrogens (tertiary/aromatic N) is 3. The van der Waals surface area contributed by atoms with Gasteiger partial charge in [0.2, 0.25) is 11.9 Å². The number of aromatic nitrogens is 3. The minimum absolute atomic E-state index is 0.0368.